The van der Waals surface area contributed by atoms with E-state index in [1.165, 1.54) is 0 Å². The van der Waals surface area contributed by atoms with Gasteiger partial charge in [0, 0.05) is 37.2 Å². The first-order valence-corrected chi connectivity index (χ1v) is 12.7. The molecule has 2 aliphatic heterocycles. The Morgan fingerprint density at radius 1 is 1.05 bits per heavy atom. The van der Waals surface area contributed by atoms with Crippen molar-refractivity contribution in [2.24, 2.45) is 0 Å². The number of rotatable bonds is 9. The Hall–Kier alpha value is -4.26. The molecule has 1 amide bonds. The van der Waals surface area contributed by atoms with Gasteiger partial charge < -0.3 is 23.7 Å². The molecule has 3 heterocycles. The van der Waals surface area contributed by atoms with Crippen LogP contribution in [0.15, 0.2) is 79.4 Å². The van der Waals surface area contributed by atoms with Crippen molar-refractivity contribution in [3.8, 4) is 17.2 Å². The quantitative estimate of drug-likeness (QED) is 0.227. The highest BCUT2D eigenvalue weighted by molar-refractivity contribution is 5.97. The van der Waals surface area contributed by atoms with Gasteiger partial charge in [0.05, 0.1) is 17.6 Å². The van der Waals surface area contributed by atoms with E-state index in [0.717, 1.165) is 53.2 Å². The van der Waals surface area contributed by atoms with Crippen LogP contribution in [0.5, 0.6) is 17.2 Å². The minimum absolute atomic E-state index is 0.000409. The number of hydrogen-bond acceptors (Lipinski definition) is 5. The maximum Gasteiger partial charge on any atom is 0.231 e. The number of fused-ring (bicyclic) bond motifs is 2. The lowest BCUT2D eigenvalue weighted by Gasteiger charge is -2.18. The van der Waals surface area contributed by atoms with Crippen LogP contribution >= 0.6 is 0 Å². The molecule has 1 aromatic heterocycles. The van der Waals surface area contributed by atoms with E-state index in [-0.39, 0.29) is 18.6 Å². The summed E-state index contributed by atoms with van der Waals surface area (Å²) in [7, 11) is 0. The third-order valence-corrected chi connectivity index (χ3v) is 6.96. The summed E-state index contributed by atoms with van der Waals surface area (Å²) >= 11 is 0. The number of aryl methyl sites for hydroxylation is 1. The molecule has 0 bridgehead atoms. The second-order valence-electron chi connectivity index (χ2n) is 9.36. The number of hydrogen-bond donors (Lipinski definition) is 0. The predicted octanol–water partition coefficient (Wildman–Crippen LogP) is 5.48. The fraction of sp³-hybridized carbons (Fsp3) is 0.267. The van der Waals surface area contributed by atoms with Crippen molar-refractivity contribution in [3.05, 3.63) is 90.8 Å². The summed E-state index contributed by atoms with van der Waals surface area (Å²) in [6.07, 6.45) is 3.91. The molecule has 6 rings (SSSR count). The second-order valence-corrected chi connectivity index (χ2v) is 9.36. The third kappa shape index (κ3) is 4.53. The van der Waals surface area contributed by atoms with Crippen molar-refractivity contribution in [3.63, 3.8) is 0 Å². The van der Waals surface area contributed by atoms with Crippen LogP contribution in [0.2, 0.25) is 0 Å². The lowest BCUT2D eigenvalue weighted by molar-refractivity contribution is -0.117. The van der Waals surface area contributed by atoms with Gasteiger partial charge in [-0.1, -0.05) is 36.4 Å². The maximum absolute atomic E-state index is 13.1. The maximum atomic E-state index is 13.1. The van der Waals surface area contributed by atoms with E-state index in [9.17, 15) is 4.79 Å². The van der Waals surface area contributed by atoms with Gasteiger partial charge in [0.25, 0.3) is 0 Å². The predicted molar refractivity (Wildman–Crippen MR) is 142 cm³/mol. The van der Waals surface area contributed by atoms with Gasteiger partial charge in [-0.3, -0.25) is 4.79 Å². The van der Waals surface area contributed by atoms with Crippen LogP contribution in [0.25, 0.3) is 11.0 Å². The average Bonchev–Trinajstić information content (AvgIpc) is 3.64. The summed E-state index contributed by atoms with van der Waals surface area (Å²) in [5.74, 6) is 3.33. The monoisotopic (exact) mass is 495 g/mol. The van der Waals surface area contributed by atoms with Crippen molar-refractivity contribution < 1.29 is 19.0 Å². The van der Waals surface area contributed by atoms with Gasteiger partial charge in [-0.25, -0.2) is 4.98 Å². The Labute approximate surface area is 215 Å². The lowest BCUT2D eigenvalue weighted by atomic mass is 10.1. The van der Waals surface area contributed by atoms with E-state index in [1.54, 1.807) is 0 Å². The average molecular weight is 496 g/mol. The fourth-order valence-corrected chi connectivity index (χ4v) is 5.20. The van der Waals surface area contributed by atoms with E-state index in [2.05, 4.69) is 23.3 Å². The Morgan fingerprint density at radius 2 is 1.89 bits per heavy atom. The largest absolute Gasteiger partial charge is 0.493 e. The molecule has 2 aliphatic rings. The molecule has 1 atom stereocenters. The second kappa shape index (κ2) is 10.0. The molecule has 1 saturated heterocycles. The Balaban J connectivity index is 1.20. The highest BCUT2D eigenvalue weighted by Gasteiger charge is 2.35. The first-order chi connectivity index (χ1) is 18.2. The van der Waals surface area contributed by atoms with Gasteiger partial charge in [0.2, 0.25) is 12.7 Å². The Morgan fingerprint density at radius 3 is 2.81 bits per heavy atom. The number of carbonyl (C=O) groups is 1. The van der Waals surface area contributed by atoms with E-state index in [1.807, 2.05) is 65.6 Å². The Kier molecular flexibility index (Phi) is 6.26. The summed E-state index contributed by atoms with van der Waals surface area (Å²) in [5.41, 5.74) is 3.99. The highest BCUT2D eigenvalue weighted by atomic mass is 16.7. The zero-order valence-corrected chi connectivity index (χ0v) is 20.6. The molecule has 1 unspecified atom stereocenters. The molecule has 0 spiro atoms. The molecule has 3 aromatic carbocycles. The van der Waals surface area contributed by atoms with Gasteiger partial charge in [-0.15, -0.1) is 6.58 Å². The van der Waals surface area contributed by atoms with Gasteiger partial charge >= 0.3 is 0 Å². The Bertz CT molecular complexity index is 1460. The molecule has 0 saturated carbocycles. The first kappa shape index (κ1) is 23.2. The van der Waals surface area contributed by atoms with Crippen LogP contribution in [-0.4, -0.2) is 35.4 Å². The van der Waals surface area contributed by atoms with E-state index in [4.69, 9.17) is 19.2 Å². The topological polar surface area (TPSA) is 65.8 Å². The molecule has 0 aliphatic carbocycles. The van der Waals surface area contributed by atoms with E-state index < -0.39 is 0 Å². The third-order valence-electron chi connectivity index (χ3n) is 6.96. The number of para-hydroxylation sites is 3. The van der Waals surface area contributed by atoms with Crippen LogP contribution in [0.3, 0.4) is 0 Å². The van der Waals surface area contributed by atoms with Crippen LogP contribution in [0.1, 0.15) is 30.1 Å². The summed E-state index contributed by atoms with van der Waals surface area (Å²) in [4.78, 5) is 19.9. The molecular formula is C30H29N3O4. The number of allylic oxidation sites excluding steroid dienone is 1. The van der Waals surface area contributed by atoms with E-state index >= 15 is 0 Å². The highest BCUT2D eigenvalue weighted by Crippen LogP contribution is 2.39. The van der Waals surface area contributed by atoms with Crippen molar-refractivity contribution in [2.45, 2.75) is 31.7 Å². The number of carbonyl (C=O) groups excluding carboxylic acids is 1. The summed E-state index contributed by atoms with van der Waals surface area (Å²) in [5, 5.41) is 0. The minimum Gasteiger partial charge on any atom is -0.493 e. The normalized spacial score (nSPS) is 16.5. The first-order valence-electron chi connectivity index (χ1n) is 12.7. The molecule has 0 radical (unpaired) electrons. The number of benzene rings is 3. The van der Waals surface area contributed by atoms with Gasteiger partial charge in [0.1, 0.15) is 11.6 Å². The van der Waals surface area contributed by atoms with Gasteiger partial charge in [0.15, 0.2) is 11.5 Å². The fourth-order valence-electron chi connectivity index (χ4n) is 5.20. The SMILES string of the molecule is C=CCc1ccccc1OCCCn1c(C2CC(=O)N(c3ccc4c(c3)OCO4)C2)nc2ccccc21. The number of anilines is 1. The molecule has 7 nitrogen and oxygen atoms in total. The number of nitrogens with zero attached hydrogens (tertiary/aromatic N) is 3. The van der Waals surface area contributed by atoms with Crippen molar-refractivity contribution in [1.29, 1.82) is 0 Å². The molecular weight excluding hydrogens is 466 g/mol. The number of ether oxygens (including phenoxy) is 3. The van der Waals surface area contributed by atoms with Crippen molar-refractivity contribution >= 4 is 22.6 Å². The molecule has 7 heteroatoms. The van der Waals surface area contributed by atoms with E-state index in [0.29, 0.717) is 31.1 Å². The lowest BCUT2D eigenvalue weighted by Crippen LogP contribution is -2.24. The molecule has 1 fully saturated rings. The standard InChI is InChI=1S/C30H29N3O4/c1-2-8-21-9-3-6-12-26(21)35-16-7-15-32-25-11-5-4-10-24(25)31-30(32)22-17-29(34)33(19-22)23-13-14-27-28(18-23)37-20-36-27/h2-6,9-14,18,22H,1,7-8,15-17,19-20H2. The van der Waals surface area contributed by atoms with Crippen LogP contribution in [0.4, 0.5) is 5.69 Å². The number of amides is 1. The van der Waals surface area contributed by atoms with Crippen LogP contribution < -0.4 is 19.1 Å². The molecule has 4 aromatic rings. The summed E-state index contributed by atoms with van der Waals surface area (Å²) in [6.45, 7) is 5.98. The zero-order chi connectivity index (χ0) is 25.2. The van der Waals surface area contributed by atoms with Crippen molar-refractivity contribution in [1.82, 2.24) is 9.55 Å². The summed E-state index contributed by atoms with van der Waals surface area (Å²) in [6, 6.07) is 21.9. The number of aromatic nitrogens is 2. The van der Waals surface area contributed by atoms with Crippen LogP contribution in [-0.2, 0) is 17.8 Å². The number of imidazole rings is 1. The summed E-state index contributed by atoms with van der Waals surface area (Å²) < 4.78 is 19.3. The molecule has 188 valence electrons. The smallest absolute Gasteiger partial charge is 0.231 e. The van der Waals surface area contributed by atoms with Gasteiger partial charge in [-0.2, -0.15) is 0 Å². The van der Waals surface area contributed by atoms with Crippen LogP contribution in [0, 0.1) is 0 Å². The molecule has 0 N–H and O–H groups in total. The zero-order valence-electron chi connectivity index (χ0n) is 20.6. The van der Waals surface area contributed by atoms with Crippen molar-refractivity contribution in [2.75, 3.05) is 24.8 Å². The van der Waals surface area contributed by atoms with Gasteiger partial charge in [-0.05, 0) is 48.7 Å². The minimum atomic E-state index is -0.000409. The molecule has 37 heavy (non-hydrogen) atoms.